The minimum Gasteiger partial charge on any atom is -0.370 e. The van der Waals surface area contributed by atoms with E-state index in [1.54, 1.807) is 11.7 Å². The molecule has 27 heavy (non-hydrogen) atoms. The van der Waals surface area contributed by atoms with Gasteiger partial charge in [-0.2, -0.15) is 0 Å². The van der Waals surface area contributed by atoms with E-state index in [1.807, 2.05) is 6.07 Å². The van der Waals surface area contributed by atoms with Crippen molar-refractivity contribution in [1.82, 2.24) is 15.4 Å². The van der Waals surface area contributed by atoms with Crippen LogP contribution in [0.25, 0.3) is 0 Å². The first-order valence-electron chi connectivity index (χ1n) is 10.4. The summed E-state index contributed by atoms with van der Waals surface area (Å²) in [5, 5.41) is 8.91. The lowest BCUT2D eigenvalue weighted by molar-refractivity contribution is -0.229. The van der Waals surface area contributed by atoms with Crippen molar-refractivity contribution in [2.75, 3.05) is 6.54 Å². The molecule has 3 atom stereocenters. The van der Waals surface area contributed by atoms with Gasteiger partial charge in [0.1, 0.15) is 0 Å². The van der Waals surface area contributed by atoms with Crippen LogP contribution in [0.15, 0.2) is 12.3 Å². The van der Waals surface area contributed by atoms with Gasteiger partial charge in [0.15, 0.2) is 0 Å². The fourth-order valence-corrected chi connectivity index (χ4v) is 6.39. The van der Waals surface area contributed by atoms with Crippen molar-refractivity contribution in [3.63, 3.8) is 0 Å². The van der Waals surface area contributed by atoms with Gasteiger partial charge in [-0.1, -0.05) is 6.92 Å². The Labute approximate surface area is 160 Å². The van der Waals surface area contributed by atoms with E-state index in [9.17, 15) is 4.79 Å². The van der Waals surface area contributed by atoms with Crippen LogP contribution >= 0.6 is 0 Å². The molecule has 2 saturated heterocycles. The molecule has 0 aromatic carbocycles. The number of hydrogen-bond donors (Lipinski definition) is 2. The van der Waals surface area contributed by atoms with Gasteiger partial charge in [0.05, 0.1) is 17.3 Å². The Morgan fingerprint density at radius 1 is 1.37 bits per heavy atom. The summed E-state index contributed by atoms with van der Waals surface area (Å²) in [6.45, 7) is 4.04. The summed E-state index contributed by atoms with van der Waals surface area (Å²) >= 11 is 0. The molecular formula is C21H29N3O3. The van der Waals surface area contributed by atoms with Gasteiger partial charge in [0.2, 0.25) is 0 Å². The van der Waals surface area contributed by atoms with E-state index in [1.165, 1.54) is 32.1 Å². The predicted octanol–water partition coefficient (Wildman–Crippen LogP) is 2.69. The van der Waals surface area contributed by atoms with Crippen molar-refractivity contribution in [3.05, 3.63) is 29.1 Å². The number of carbonyl (C=O) groups excluding carboxylic acids is 1. The molecule has 2 unspecified atom stereocenters. The molecule has 2 aliphatic carbocycles. The molecular weight excluding hydrogens is 342 g/mol. The molecule has 2 saturated carbocycles. The number of hydrogen-bond acceptors (Lipinski definition) is 5. The SMILES string of the molecule is CC[C@H]1Cc2ncc(C(=O)NO)cc2CN1CC12CC3CC(CC(C3)O1)C2. The van der Waals surface area contributed by atoms with Crippen LogP contribution in [-0.4, -0.2) is 45.3 Å². The molecule has 0 radical (unpaired) electrons. The molecule has 6 rings (SSSR count). The van der Waals surface area contributed by atoms with Crippen LogP contribution in [0.2, 0.25) is 0 Å². The van der Waals surface area contributed by atoms with Crippen molar-refractivity contribution in [3.8, 4) is 0 Å². The Morgan fingerprint density at radius 2 is 2.15 bits per heavy atom. The number of fused-ring (bicyclic) bond motifs is 1. The minimum absolute atomic E-state index is 0.0349. The largest absolute Gasteiger partial charge is 0.370 e. The van der Waals surface area contributed by atoms with E-state index >= 15 is 0 Å². The first kappa shape index (κ1) is 17.6. The second kappa shape index (κ2) is 6.54. The van der Waals surface area contributed by atoms with E-state index in [-0.39, 0.29) is 5.60 Å². The van der Waals surface area contributed by atoms with E-state index in [4.69, 9.17) is 9.94 Å². The third-order valence-corrected chi connectivity index (χ3v) is 7.30. The summed E-state index contributed by atoms with van der Waals surface area (Å²) in [7, 11) is 0. The predicted molar refractivity (Wildman–Crippen MR) is 99.4 cm³/mol. The molecule has 1 aromatic rings. The Kier molecular flexibility index (Phi) is 4.26. The summed E-state index contributed by atoms with van der Waals surface area (Å²) in [6, 6.07) is 2.35. The summed E-state index contributed by atoms with van der Waals surface area (Å²) < 4.78 is 6.62. The zero-order valence-electron chi connectivity index (χ0n) is 16.0. The van der Waals surface area contributed by atoms with Crippen molar-refractivity contribution in [2.45, 2.75) is 76.2 Å². The van der Waals surface area contributed by atoms with Gasteiger partial charge in [-0.3, -0.25) is 19.9 Å². The quantitative estimate of drug-likeness (QED) is 0.629. The number of pyridine rings is 1. The maximum Gasteiger partial charge on any atom is 0.276 e. The highest BCUT2D eigenvalue weighted by molar-refractivity contribution is 5.93. The van der Waals surface area contributed by atoms with E-state index in [0.717, 1.165) is 49.0 Å². The van der Waals surface area contributed by atoms with E-state index in [0.29, 0.717) is 17.7 Å². The number of carbonyl (C=O) groups is 1. The van der Waals surface area contributed by atoms with Crippen molar-refractivity contribution in [1.29, 1.82) is 0 Å². The summed E-state index contributed by atoms with van der Waals surface area (Å²) in [5.74, 6) is 1.21. The molecule has 4 fully saturated rings. The Morgan fingerprint density at radius 3 is 2.81 bits per heavy atom. The number of ether oxygens (including phenoxy) is 1. The molecule has 6 heteroatoms. The second-order valence-electron chi connectivity index (χ2n) is 9.21. The molecule has 2 N–H and O–H groups in total. The van der Waals surface area contributed by atoms with Gasteiger partial charge in [-0.05, 0) is 62.0 Å². The fraction of sp³-hybridized carbons (Fsp3) is 0.714. The monoisotopic (exact) mass is 371 g/mol. The highest BCUT2D eigenvalue weighted by atomic mass is 16.5. The number of hydroxylamine groups is 1. The van der Waals surface area contributed by atoms with Crippen molar-refractivity contribution in [2.24, 2.45) is 11.8 Å². The molecule has 4 bridgehead atoms. The van der Waals surface area contributed by atoms with Crippen LogP contribution in [-0.2, 0) is 17.7 Å². The molecule has 3 aliphatic heterocycles. The number of rotatable bonds is 4. The standard InChI is InChI=1S/C21H29N3O3/c1-2-17-7-19-16(6-15(10-22-19)20(25)23-26)11-24(17)12-21-8-13-3-14(9-21)5-18(4-13)27-21/h6,10,13-14,17-18,26H,2-5,7-9,11-12H2,1H3,(H,23,25)/t13?,14?,17-,18?,21?/m0/s1. The molecule has 0 spiro atoms. The summed E-state index contributed by atoms with van der Waals surface area (Å²) in [4.78, 5) is 18.9. The zero-order chi connectivity index (χ0) is 18.6. The van der Waals surface area contributed by atoms with Crippen LogP contribution in [0.3, 0.4) is 0 Å². The average Bonchev–Trinajstić information content (AvgIpc) is 2.65. The lowest BCUT2D eigenvalue weighted by Gasteiger charge is -2.58. The van der Waals surface area contributed by atoms with Gasteiger partial charge in [-0.25, -0.2) is 5.48 Å². The molecule has 1 aromatic heterocycles. The van der Waals surface area contributed by atoms with Gasteiger partial charge < -0.3 is 4.74 Å². The normalized spacial score (nSPS) is 37.3. The Bertz CT molecular complexity index is 715. The number of nitrogens with zero attached hydrogens (tertiary/aromatic N) is 2. The molecule has 1 amide bonds. The van der Waals surface area contributed by atoms with Gasteiger partial charge in [0.25, 0.3) is 5.91 Å². The zero-order valence-corrected chi connectivity index (χ0v) is 16.0. The number of nitrogens with one attached hydrogen (secondary N) is 1. The first-order chi connectivity index (χ1) is 13.1. The molecule has 5 aliphatic rings. The Balaban J connectivity index is 1.39. The molecule has 146 valence electrons. The second-order valence-corrected chi connectivity index (χ2v) is 9.21. The fourth-order valence-electron chi connectivity index (χ4n) is 6.39. The lowest BCUT2D eigenvalue weighted by atomic mass is 9.62. The third kappa shape index (κ3) is 3.08. The number of amides is 1. The van der Waals surface area contributed by atoms with Crippen LogP contribution in [0.5, 0.6) is 0 Å². The van der Waals surface area contributed by atoms with Gasteiger partial charge in [-0.15, -0.1) is 0 Å². The van der Waals surface area contributed by atoms with Crippen LogP contribution in [0.4, 0.5) is 0 Å². The first-order valence-corrected chi connectivity index (χ1v) is 10.4. The lowest BCUT2D eigenvalue weighted by Crippen LogP contribution is -2.60. The molecule has 6 nitrogen and oxygen atoms in total. The van der Waals surface area contributed by atoms with Crippen LogP contribution < -0.4 is 5.48 Å². The van der Waals surface area contributed by atoms with E-state index in [2.05, 4.69) is 16.8 Å². The highest BCUT2D eigenvalue weighted by Gasteiger charge is 2.53. The minimum atomic E-state index is -0.501. The summed E-state index contributed by atoms with van der Waals surface area (Å²) in [5.41, 5.74) is 4.34. The van der Waals surface area contributed by atoms with E-state index < -0.39 is 5.91 Å². The number of aromatic nitrogens is 1. The van der Waals surface area contributed by atoms with Crippen molar-refractivity contribution < 1.29 is 14.7 Å². The average molecular weight is 371 g/mol. The topological polar surface area (TPSA) is 74.7 Å². The smallest absolute Gasteiger partial charge is 0.276 e. The highest BCUT2D eigenvalue weighted by Crippen LogP contribution is 2.53. The van der Waals surface area contributed by atoms with Gasteiger partial charge in [0, 0.05) is 37.4 Å². The molecule has 4 heterocycles. The third-order valence-electron chi connectivity index (χ3n) is 7.30. The van der Waals surface area contributed by atoms with Crippen LogP contribution in [0, 0.1) is 11.8 Å². The summed E-state index contributed by atoms with van der Waals surface area (Å²) in [6.07, 6.45) is 10.4. The van der Waals surface area contributed by atoms with Gasteiger partial charge >= 0.3 is 0 Å². The van der Waals surface area contributed by atoms with Crippen LogP contribution in [0.1, 0.15) is 67.1 Å². The Hall–Kier alpha value is -1.50. The maximum absolute atomic E-state index is 11.8. The maximum atomic E-state index is 11.8. The van der Waals surface area contributed by atoms with Crippen molar-refractivity contribution >= 4 is 5.91 Å².